The molecule has 2 aromatic carbocycles. The average Bonchev–Trinajstić information content (AvgIpc) is 2.82. The van der Waals surface area contributed by atoms with Crippen LogP contribution in [0.2, 0.25) is 0 Å². The van der Waals surface area contributed by atoms with E-state index in [-0.39, 0.29) is 6.04 Å². The summed E-state index contributed by atoms with van der Waals surface area (Å²) in [5.74, 6) is 0.930. The molecule has 0 saturated carbocycles. The average molecular weight is 316 g/mol. The summed E-state index contributed by atoms with van der Waals surface area (Å²) >= 11 is 3.46. The maximum atomic E-state index is 5.54. The Kier molecular flexibility index (Phi) is 3.40. The first kappa shape index (κ1) is 12.5. The van der Waals surface area contributed by atoms with Gasteiger partial charge in [0.05, 0.1) is 6.04 Å². The molecule has 1 unspecified atom stereocenters. The van der Waals surface area contributed by atoms with Crippen molar-refractivity contribution in [3.05, 3.63) is 76.0 Å². The molecule has 19 heavy (non-hydrogen) atoms. The number of halogens is 1. The van der Waals surface area contributed by atoms with Crippen LogP contribution in [0.4, 0.5) is 0 Å². The van der Waals surface area contributed by atoms with Crippen molar-refractivity contribution in [1.82, 2.24) is 5.48 Å². The summed E-state index contributed by atoms with van der Waals surface area (Å²) in [6.45, 7) is 1.99. The van der Waals surface area contributed by atoms with Crippen LogP contribution in [0.1, 0.15) is 24.1 Å². The number of hydrogen-bond acceptors (Lipinski definition) is 2. The van der Waals surface area contributed by atoms with Crippen LogP contribution in [0, 0.1) is 0 Å². The van der Waals surface area contributed by atoms with Crippen molar-refractivity contribution in [3.63, 3.8) is 0 Å². The minimum atomic E-state index is 0.0792. The molecule has 1 aliphatic heterocycles. The Labute approximate surface area is 121 Å². The van der Waals surface area contributed by atoms with Crippen LogP contribution in [0.5, 0.6) is 0 Å². The smallest absolute Gasteiger partial charge is 0.127 e. The van der Waals surface area contributed by atoms with E-state index in [4.69, 9.17) is 4.84 Å². The Bertz CT molecular complexity index is 604. The van der Waals surface area contributed by atoms with Gasteiger partial charge in [-0.05, 0) is 30.2 Å². The van der Waals surface area contributed by atoms with Gasteiger partial charge in [-0.1, -0.05) is 58.4 Å². The Hall–Kier alpha value is -1.58. The molecule has 0 aromatic heterocycles. The van der Waals surface area contributed by atoms with Gasteiger partial charge in [-0.2, -0.15) is 0 Å². The molecule has 0 radical (unpaired) electrons. The lowest BCUT2D eigenvalue weighted by Gasteiger charge is -2.14. The number of allylic oxidation sites excluding steroid dienone is 1. The molecular weight excluding hydrogens is 302 g/mol. The molecule has 0 fully saturated rings. The van der Waals surface area contributed by atoms with Gasteiger partial charge in [0.2, 0.25) is 0 Å². The first-order valence-electron chi connectivity index (χ1n) is 6.20. The topological polar surface area (TPSA) is 21.3 Å². The summed E-state index contributed by atoms with van der Waals surface area (Å²) in [7, 11) is 0. The van der Waals surface area contributed by atoms with Gasteiger partial charge in [0, 0.05) is 10.0 Å². The Morgan fingerprint density at radius 1 is 1.00 bits per heavy atom. The fourth-order valence-corrected chi connectivity index (χ4v) is 2.61. The van der Waals surface area contributed by atoms with Crippen LogP contribution < -0.4 is 5.48 Å². The van der Waals surface area contributed by atoms with Crippen LogP contribution in [-0.2, 0) is 4.84 Å². The molecule has 0 saturated heterocycles. The van der Waals surface area contributed by atoms with E-state index in [9.17, 15) is 0 Å². The molecule has 0 amide bonds. The SMILES string of the molecule is CC1=C(c2ccccc2)C(c2ccc(Br)cc2)NO1. The lowest BCUT2D eigenvalue weighted by Crippen LogP contribution is -2.14. The minimum Gasteiger partial charge on any atom is -0.412 e. The molecule has 3 rings (SSSR count). The molecule has 0 aliphatic carbocycles. The van der Waals surface area contributed by atoms with Gasteiger partial charge in [0.25, 0.3) is 0 Å². The van der Waals surface area contributed by atoms with Crippen molar-refractivity contribution >= 4 is 21.5 Å². The van der Waals surface area contributed by atoms with Crippen molar-refractivity contribution in [1.29, 1.82) is 0 Å². The number of hydroxylamine groups is 1. The van der Waals surface area contributed by atoms with Crippen molar-refractivity contribution in [2.24, 2.45) is 0 Å². The van der Waals surface area contributed by atoms with E-state index in [0.29, 0.717) is 0 Å². The molecule has 0 bridgehead atoms. The minimum absolute atomic E-state index is 0.0792. The molecular formula is C16H14BrNO. The van der Waals surface area contributed by atoms with Crippen LogP contribution in [0.25, 0.3) is 5.57 Å². The van der Waals surface area contributed by atoms with Crippen LogP contribution in [0.15, 0.2) is 64.8 Å². The van der Waals surface area contributed by atoms with Gasteiger partial charge in [-0.25, -0.2) is 0 Å². The largest absolute Gasteiger partial charge is 0.412 e. The predicted octanol–water partition coefficient (Wildman–Crippen LogP) is 4.46. The second-order valence-corrected chi connectivity index (χ2v) is 5.46. The van der Waals surface area contributed by atoms with Gasteiger partial charge in [-0.15, -0.1) is 5.48 Å². The quantitative estimate of drug-likeness (QED) is 0.883. The summed E-state index contributed by atoms with van der Waals surface area (Å²) in [6.07, 6.45) is 0. The number of nitrogens with one attached hydrogen (secondary N) is 1. The molecule has 1 atom stereocenters. The van der Waals surface area contributed by atoms with Crippen molar-refractivity contribution in [3.8, 4) is 0 Å². The first-order chi connectivity index (χ1) is 9.25. The maximum Gasteiger partial charge on any atom is 0.127 e. The highest BCUT2D eigenvalue weighted by molar-refractivity contribution is 9.10. The summed E-state index contributed by atoms with van der Waals surface area (Å²) in [5, 5.41) is 0. The number of rotatable bonds is 2. The lowest BCUT2D eigenvalue weighted by atomic mass is 9.93. The molecule has 2 nitrogen and oxygen atoms in total. The number of hydrogen-bond donors (Lipinski definition) is 1. The van der Waals surface area contributed by atoms with Gasteiger partial charge >= 0.3 is 0 Å². The van der Waals surface area contributed by atoms with E-state index >= 15 is 0 Å². The highest BCUT2D eigenvalue weighted by Gasteiger charge is 2.27. The molecule has 1 N–H and O–H groups in total. The molecule has 96 valence electrons. The summed E-state index contributed by atoms with van der Waals surface area (Å²) in [6, 6.07) is 18.7. The molecule has 1 heterocycles. The highest BCUT2D eigenvalue weighted by Crippen LogP contribution is 2.37. The molecule has 1 aliphatic rings. The van der Waals surface area contributed by atoms with Crippen molar-refractivity contribution in [2.75, 3.05) is 0 Å². The van der Waals surface area contributed by atoms with Gasteiger partial charge in [0.1, 0.15) is 5.76 Å². The van der Waals surface area contributed by atoms with Crippen LogP contribution in [0.3, 0.4) is 0 Å². The normalized spacial score (nSPS) is 18.5. The zero-order valence-electron chi connectivity index (χ0n) is 10.6. The molecule has 3 heteroatoms. The van der Waals surface area contributed by atoms with E-state index in [1.54, 1.807) is 0 Å². The Morgan fingerprint density at radius 2 is 1.68 bits per heavy atom. The fourth-order valence-electron chi connectivity index (χ4n) is 2.34. The van der Waals surface area contributed by atoms with Crippen LogP contribution >= 0.6 is 15.9 Å². The monoisotopic (exact) mass is 315 g/mol. The van der Waals surface area contributed by atoms with E-state index in [1.165, 1.54) is 16.7 Å². The lowest BCUT2D eigenvalue weighted by molar-refractivity contribution is 0.118. The van der Waals surface area contributed by atoms with E-state index in [0.717, 1.165) is 10.2 Å². The fraction of sp³-hybridized carbons (Fsp3) is 0.125. The van der Waals surface area contributed by atoms with E-state index in [1.807, 2.05) is 37.3 Å². The Balaban J connectivity index is 2.01. The second-order valence-electron chi connectivity index (χ2n) is 4.54. The van der Waals surface area contributed by atoms with Gasteiger partial charge in [0.15, 0.2) is 0 Å². The number of benzene rings is 2. The zero-order valence-corrected chi connectivity index (χ0v) is 12.1. The van der Waals surface area contributed by atoms with Crippen LogP contribution in [-0.4, -0.2) is 0 Å². The van der Waals surface area contributed by atoms with Gasteiger partial charge in [-0.3, -0.25) is 0 Å². The third kappa shape index (κ3) is 2.44. The predicted molar refractivity (Wildman–Crippen MR) is 80.1 cm³/mol. The second kappa shape index (κ2) is 5.19. The maximum absolute atomic E-state index is 5.54. The summed E-state index contributed by atoms with van der Waals surface area (Å²) in [4.78, 5) is 5.54. The van der Waals surface area contributed by atoms with Crippen molar-refractivity contribution in [2.45, 2.75) is 13.0 Å². The van der Waals surface area contributed by atoms with Crippen molar-refractivity contribution < 1.29 is 4.84 Å². The zero-order chi connectivity index (χ0) is 13.2. The van der Waals surface area contributed by atoms with Gasteiger partial charge < -0.3 is 4.84 Å². The first-order valence-corrected chi connectivity index (χ1v) is 6.99. The molecule has 0 spiro atoms. The highest BCUT2D eigenvalue weighted by atomic mass is 79.9. The van der Waals surface area contributed by atoms with E-state index < -0.39 is 0 Å². The molecule has 2 aromatic rings. The summed E-state index contributed by atoms with van der Waals surface area (Å²) < 4.78 is 1.08. The Morgan fingerprint density at radius 3 is 2.37 bits per heavy atom. The third-order valence-electron chi connectivity index (χ3n) is 3.29. The third-order valence-corrected chi connectivity index (χ3v) is 3.81. The standard InChI is InChI=1S/C16H14BrNO/c1-11-15(12-5-3-2-4-6-12)16(18-19-11)13-7-9-14(17)10-8-13/h2-10,16,18H,1H3. The summed E-state index contributed by atoms with van der Waals surface area (Å²) in [5.41, 5.74) is 6.68. The van der Waals surface area contributed by atoms with E-state index in [2.05, 4.69) is 45.7 Å².